The SMILES string of the molecule is O=C(CCCCC1SCC2NC(=O)NC21)NCCSSCCC(=O)NCC(=O)NCC(=O)NCCNC(=S)Nc1ccc(-c2c3ccc(=O)cc-3oc3cc([O-])ccc23)c(C(=O)O)c1. The minimum absolute atomic E-state index is 0.0102. The first-order valence-corrected chi connectivity index (χ1v) is 24.4. The molecular weight excluding hydrogens is 905 g/mol. The number of carbonyl (C=O) groups excluding carboxylic acids is 5. The van der Waals surface area contributed by atoms with Crippen molar-refractivity contribution in [1.29, 1.82) is 0 Å². The second-order valence-electron chi connectivity index (χ2n) is 14.8. The maximum absolute atomic E-state index is 12.5. The Morgan fingerprint density at radius 2 is 1.52 bits per heavy atom. The fourth-order valence-corrected chi connectivity index (χ4v) is 10.8. The predicted molar refractivity (Wildman–Crippen MR) is 251 cm³/mol. The molecule has 4 aliphatic rings. The normalized spacial score (nSPS) is 16.3. The Bertz CT molecular complexity index is 2420. The number of unbranched alkanes of at least 4 members (excludes halogenated alkanes) is 1. The van der Waals surface area contributed by atoms with Crippen molar-refractivity contribution in [3.8, 4) is 28.2 Å². The van der Waals surface area contributed by atoms with E-state index in [1.54, 1.807) is 35.1 Å². The average molecular weight is 952 g/mol. The Morgan fingerprint density at radius 3 is 2.33 bits per heavy atom. The average Bonchev–Trinajstić information content (AvgIpc) is 3.82. The molecular formula is C42H47N8O10S4-. The molecule has 0 bridgehead atoms. The lowest BCUT2D eigenvalue weighted by Crippen LogP contribution is -2.43. The highest BCUT2D eigenvalue weighted by molar-refractivity contribution is 8.76. The zero-order valence-electron chi connectivity index (χ0n) is 34.4. The van der Waals surface area contributed by atoms with Gasteiger partial charge in [0.15, 0.2) is 10.5 Å². The number of hydrogen-bond donors (Lipinski definition) is 9. The molecule has 9 N–H and O–H groups in total. The van der Waals surface area contributed by atoms with Crippen LogP contribution in [0.5, 0.6) is 5.75 Å². The number of benzene rings is 3. The highest BCUT2D eigenvalue weighted by Gasteiger charge is 2.42. The molecule has 6 rings (SSSR count). The summed E-state index contributed by atoms with van der Waals surface area (Å²) in [5.74, 6) is -0.497. The maximum atomic E-state index is 12.5. The van der Waals surface area contributed by atoms with Crippen LogP contribution in [0.15, 0.2) is 63.8 Å². The summed E-state index contributed by atoms with van der Waals surface area (Å²) < 4.78 is 5.84. The molecule has 2 saturated heterocycles. The minimum atomic E-state index is -1.23. The van der Waals surface area contributed by atoms with E-state index in [9.17, 15) is 43.8 Å². The van der Waals surface area contributed by atoms with E-state index < -0.39 is 17.8 Å². The number of anilines is 1. The van der Waals surface area contributed by atoms with Crippen LogP contribution in [0.1, 0.15) is 42.5 Å². The van der Waals surface area contributed by atoms with Crippen molar-refractivity contribution in [3.05, 3.63) is 70.4 Å². The zero-order valence-corrected chi connectivity index (χ0v) is 37.6. The Hall–Kier alpha value is -5.71. The molecule has 2 aromatic carbocycles. The molecule has 2 fully saturated rings. The molecule has 3 aliphatic heterocycles. The van der Waals surface area contributed by atoms with Gasteiger partial charge in [0, 0.05) is 83.3 Å². The van der Waals surface area contributed by atoms with Crippen molar-refractivity contribution in [1.82, 2.24) is 37.2 Å². The first kappa shape index (κ1) is 47.8. The minimum Gasteiger partial charge on any atom is -0.872 e. The Labute approximate surface area is 385 Å². The number of urea groups is 1. The summed E-state index contributed by atoms with van der Waals surface area (Å²) in [4.78, 5) is 84.9. The molecule has 3 unspecified atom stereocenters. The second kappa shape index (κ2) is 23.3. The number of carboxylic acid groups (broad SMARTS) is 1. The number of hydrogen-bond acceptors (Lipinski definition) is 13. The number of amides is 6. The number of carboxylic acids is 1. The van der Waals surface area contributed by atoms with E-state index in [0.717, 1.165) is 25.0 Å². The van der Waals surface area contributed by atoms with Gasteiger partial charge in [0.1, 0.15) is 11.3 Å². The molecule has 3 atom stereocenters. The fourth-order valence-electron chi connectivity index (χ4n) is 7.13. The van der Waals surface area contributed by atoms with Crippen molar-refractivity contribution >= 4 is 103 Å². The fraction of sp³-hybridized carbons (Fsp3) is 0.381. The lowest BCUT2D eigenvalue weighted by Gasteiger charge is -2.18. The number of aromatic carboxylic acids is 1. The summed E-state index contributed by atoms with van der Waals surface area (Å²) in [6, 6.07) is 13.3. The van der Waals surface area contributed by atoms with Crippen molar-refractivity contribution in [3.63, 3.8) is 0 Å². The maximum Gasteiger partial charge on any atom is 0.336 e. The molecule has 18 nitrogen and oxygen atoms in total. The number of fused-ring (bicyclic) bond motifs is 3. The van der Waals surface area contributed by atoms with Gasteiger partial charge in [0.05, 0.1) is 30.7 Å². The quantitative estimate of drug-likeness (QED) is 0.0180. The number of thioether (sulfide) groups is 1. The van der Waals surface area contributed by atoms with Crippen molar-refractivity contribution in [2.24, 2.45) is 0 Å². The van der Waals surface area contributed by atoms with Crippen LogP contribution in [0.25, 0.3) is 33.4 Å². The lowest BCUT2D eigenvalue weighted by molar-refractivity contribution is -0.268. The summed E-state index contributed by atoms with van der Waals surface area (Å²) in [5, 5.41) is 45.6. The highest BCUT2D eigenvalue weighted by atomic mass is 33.1. The molecule has 0 radical (unpaired) electrons. The first-order valence-electron chi connectivity index (χ1n) is 20.4. The third-order valence-electron chi connectivity index (χ3n) is 10.2. The lowest BCUT2D eigenvalue weighted by atomic mass is 9.90. The third kappa shape index (κ3) is 13.6. The van der Waals surface area contributed by atoms with Crippen LogP contribution in [0.3, 0.4) is 0 Å². The Kier molecular flexibility index (Phi) is 17.4. The molecule has 340 valence electrons. The third-order valence-corrected chi connectivity index (χ3v) is 14.3. The van der Waals surface area contributed by atoms with Gasteiger partial charge in [-0.3, -0.25) is 24.0 Å². The topological polar surface area (TPSA) is 272 Å². The largest absolute Gasteiger partial charge is 0.872 e. The van der Waals surface area contributed by atoms with E-state index in [-0.39, 0.29) is 95.7 Å². The summed E-state index contributed by atoms with van der Waals surface area (Å²) in [5.41, 5.74) is 1.47. The zero-order chi connectivity index (χ0) is 45.6. The van der Waals surface area contributed by atoms with Crippen LogP contribution >= 0.6 is 45.6 Å². The summed E-state index contributed by atoms with van der Waals surface area (Å²) in [6.45, 7) is 0.284. The first-order chi connectivity index (χ1) is 30.8. The van der Waals surface area contributed by atoms with Crippen molar-refractivity contribution < 1.29 is 43.4 Å². The summed E-state index contributed by atoms with van der Waals surface area (Å²) >= 11 is 7.23. The van der Waals surface area contributed by atoms with Crippen LogP contribution in [0, 0.1) is 0 Å². The van der Waals surface area contributed by atoms with Gasteiger partial charge in [-0.2, -0.15) is 11.8 Å². The van der Waals surface area contributed by atoms with Crippen molar-refractivity contribution in [2.75, 3.05) is 55.3 Å². The summed E-state index contributed by atoms with van der Waals surface area (Å²) in [6.07, 6.45) is 3.35. The Balaban J connectivity index is 0.798. The van der Waals surface area contributed by atoms with Gasteiger partial charge in [0.25, 0.3) is 0 Å². The molecule has 0 aromatic heterocycles. The summed E-state index contributed by atoms with van der Waals surface area (Å²) in [7, 11) is 3.04. The predicted octanol–water partition coefficient (Wildman–Crippen LogP) is 2.59. The standard InChI is InChI=1S/C42H48N8O10S4/c51-24-6-9-27-31(18-24)60-32-19-25(52)7-10-28(32)38(27)26-8-5-23(17-29(26)40(57)58)48-42(61)45-13-12-43-36(55)20-47-37(56)21-46-35(54)11-15-63-64-16-14-44-34(53)4-2-1-3-33-39-30(22-62-33)49-41(59)50-39/h5-10,17-19,30,33,39,51H,1-4,11-16,20-22H2,(H,43,55)(H,44,53)(H,46,54)(H,47,56)(H,57,58)(H2,45,48,61)(H2,49,50,59)/p-1. The van der Waals surface area contributed by atoms with Crippen LogP contribution in [-0.4, -0.2) is 113 Å². The molecule has 1 aliphatic carbocycles. The van der Waals surface area contributed by atoms with Gasteiger partial charge < -0.3 is 57.2 Å². The molecule has 0 saturated carbocycles. The number of carbonyl (C=O) groups is 6. The molecule has 2 aromatic rings. The van der Waals surface area contributed by atoms with Crippen LogP contribution < -0.4 is 53.1 Å². The van der Waals surface area contributed by atoms with E-state index in [1.165, 1.54) is 41.1 Å². The number of thiocarbonyl (C=S) groups is 1. The van der Waals surface area contributed by atoms with E-state index >= 15 is 0 Å². The smallest absolute Gasteiger partial charge is 0.336 e. The van der Waals surface area contributed by atoms with Gasteiger partial charge >= 0.3 is 12.0 Å². The highest BCUT2D eigenvalue weighted by Crippen LogP contribution is 2.42. The van der Waals surface area contributed by atoms with E-state index in [0.29, 0.717) is 57.5 Å². The molecule has 3 heterocycles. The van der Waals surface area contributed by atoms with E-state index in [1.807, 2.05) is 11.8 Å². The van der Waals surface area contributed by atoms with Crippen LogP contribution in [0.4, 0.5) is 10.5 Å². The molecule has 22 heteroatoms. The van der Waals surface area contributed by atoms with E-state index in [4.69, 9.17) is 16.6 Å². The molecule has 64 heavy (non-hydrogen) atoms. The van der Waals surface area contributed by atoms with Crippen LogP contribution in [-0.2, 0) is 19.2 Å². The van der Waals surface area contributed by atoms with Gasteiger partial charge in [-0.05, 0) is 61.0 Å². The van der Waals surface area contributed by atoms with Crippen molar-refractivity contribution in [2.45, 2.75) is 49.4 Å². The molecule has 0 spiro atoms. The Morgan fingerprint density at radius 1 is 0.797 bits per heavy atom. The van der Waals surface area contributed by atoms with Gasteiger partial charge in [-0.15, -0.1) is 5.75 Å². The van der Waals surface area contributed by atoms with Gasteiger partial charge in [-0.1, -0.05) is 46.2 Å². The number of rotatable bonds is 22. The second-order valence-corrected chi connectivity index (χ2v) is 19.1. The van der Waals surface area contributed by atoms with Gasteiger partial charge in [0.2, 0.25) is 23.6 Å². The van der Waals surface area contributed by atoms with Gasteiger partial charge in [-0.25, -0.2) is 9.59 Å². The van der Waals surface area contributed by atoms with Crippen LogP contribution in [0.2, 0.25) is 0 Å². The number of nitrogens with one attached hydrogen (secondary N) is 8. The monoisotopic (exact) mass is 951 g/mol. The molecule has 6 amide bonds. The van der Waals surface area contributed by atoms with E-state index in [2.05, 4.69) is 42.5 Å².